The fraction of sp³-hybridized carbons (Fsp3) is 0.316. The van der Waals surface area contributed by atoms with Crippen molar-refractivity contribution < 1.29 is 19.1 Å². The third-order valence-electron chi connectivity index (χ3n) is 3.44. The second-order valence-corrected chi connectivity index (χ2v) is 7.15. The molecule has 0 saturated heterocycles. The summed E-state index contributed by atoms with van der Waals surface area (Å²) in [6.45, 7) is 6.00. The number of carbonyl (C=O) groups excluding carboxylic acids is 3. The van der Waals surface area contributed by atoms with Crippen molar-refractivity contribution in [3.8, 4) is 0 Å². The number of thiophene rings is 1. The van der Waals surface area contributed by atoms with Crippen molar-refractivity contribution in [3.63, 3.8) is 0 Å². The summed E-state index contributed by atoms with van der Waals surface area (Å²) in [5.41, 5.74) is 0.743. The summed E-state index contributed by atoms with van der Waals surface area (Å²) in [5.74, 6) is -0.893. The molecule has 2 rings (SSSR count). The smallest absolute Gasteiger partial charge is 0.338 e. The van der Waals surface area contributed by atoms with Crippen molar-refractivity contribution in [2.45, 2.75) is 26.9 Å². The monoisotopic (exact) mass is 374 g/mol. The zero-order valence-electron chi connectivity index (χ0n) is 14.9. The van der Waals surface area contributed by atoms with Crippen LogP contribution in [0.2, 0.25) is 0 Å². The lowest BCUT2D eigenvalue weighted by Gasteiger charge is -2.15. The second kappa shape index (κ2) is 9.15. The Kier molecular flexibility index (Phi) is 6.91. The summed E-state index contributed by atoms with van der Waals surface area (Å²) in [6, 6.07) is 9.92. The molecule has 138 valence electrons. The van der Waals surface area contributed by atoms with E-state index in [1.165, 1.54) is 24.3 Å². The molecule has 0 aliphatic carbocycles. The average Bonchev–Trinajstić information content (AvgIpc) is 3.14. The fourth-order valence-electron chi connectivity index (χ4n) is 2.05. The molecule has 0 spiro atoms. The number of carbonyl (C=O) groups is 3. The van der Waals surface area contributed by atoms with Gasteiger partial charge in [-0.3, -0.25) is 9.59 Å². The summed E-state index contributed by atoms with van der Waals surface area (Å²) in [6.07, 6.45) is -0.898. The molecule has 1 atom stereocenters. The number of ether oxygens (including phenoxy) is 1. The number of benzene rings is 1. The molecule has 1 aromatic heterocycles. The molecule has 0 saturated carbocycles. The van der Waals surface area contributed by atoms with Crippen LogP contribution < -0.4 is 10.6 Å². The van der Waals surface area contributed by atoms with E-state index in [2.05, 4.69) is 10.6 Å². The van der Waals surface area contributed by atoms with E-state index in [0.29, 0.717) is 23.0 Å². The molecule has 6 nitrogen and oxygen atoms in total. The standard InChI is InChI=1S/C19H22N2O4S/c1-12(2)11-20-17(22)13(3)25-19(24)14-6-4-7-15(10-14)21-18(23)16-8-5-9-26-16/h4-10,12-13H,11H2,1-3H3,(H,20,22)(H,21,23)/t13-/m1/s1. The van der Waals surface area contributed by atoms with E-state index in [4.69, 9.17) is 4.74 Å². The summed E-state index contributed by atoms with van der Waals surface area (Å²) >= 11 is 1.33. The van der Waals surface area contributed by atoms with E-state index in [9.17, 15) is 14.4 Å². The Morgan fingerprint density at radius 3 is 2.54 bits per heavy atom. The van der Waals surface area contributed by atoms with Crippen molar-refractivity contribution >= 4 is 34.8 Å². The number of hydrogen-bond acceptors (Lipinski definition) is 5. The van der Waals surface area contributed by atoms with Gasteiger partial charge in [0.15, 0.2) is 6.10 Å². The highest BCUT2D eigenvalue weighted by Crippen LogP contribution is 2.16. The third kappa shape index (κ3) is 5.70. The van der Waals surface area contributed by atoms with Crippen LogP contribution in [0.4, 0.5) is 5.69 Å². The number of nitrogens with one attached hydrogen (secondary N) is 2. The number of anilines is 1. The molecule has 0 aliphatic heterocycles. The number of esters is 1. The normalized spacial score (nSPS) is 11.7. The van der Waals surface area contributed by atoms with Crippen LogP contribution in [0, 0.1) is 5.92 Å². The number of rotatable bonds is 7. The second-order valence-electron chi connectivity index (χ2n) is 6.20. The van der Waals surface area contributed by atoms with Gasteiger partial charge in [0.2, 0.25) is 0 Å². The van der Waals surface area contributed by atoms with Crippen LogP contribution in [-0.4, -0.2) is 30.4 Å². The molecule has 1 heterocycles. The van der Waals surface area contributed by atoms with Gasteiger partial charge in [0.05, 0.1) is 10.4 Å². The van der Waals surface area contributed by atoms with Gasteiger partial charge >= 0.3 is 5.97 Å². The van der Waals surface area contributed by atoms with Crippen molar-refractivity contribution in [2.24, 2.45) is 5.92 Å². The third-order valence-corrected chi connectivity index (χ3v) is 4.31. The van der Waals surface area contributed by atoms with Crippen molar-refractivity contribution in [1.82, 2.24) is 5.32 Å². The van der Waals surface area contributed by atoms with Crippen LogP contribution in [-0.2, 0) is 9.53 Å². The van der Waals surface area contributed by atoms with Gasteiger partial charge in [-0.25, -0.2) is 4.79 Å². The molecule has 1 aromatic carbocycles. The molecule has 26 heavy (non-hydrogen) atoms. The predicted octanol–water partition coefficient (Wildman–Crippen LogP) is 3.32. The van der Waals surface area contributed by atoms with Crippen LogP contribution in [0.1, 0.15) is 40.8 Å². The first kappa shape index (κ1) is 19.7. The zero-order chi connectivity index (χ0) is 19.1. The molecule has 7 heteroatoms. The van der Waals surface area contributed by atoms with E-state index < -0.39 is 12.1 Å². The molecule has 0 bridgehead atoms. The van der Waals surface area contributed by atoms with Gasteiger partial charge in [0.1, 0.15) is 0 Å². The van der Waals surface area contributed by atoms with Gasteiger partial charge in [-0.05, 0) is 42.5 Å². The first-order chi connectivity index (χ1) is 12.4. The summed E-state index contributed by atoms with van der Waals surface area (Å²) in [4.78, 5) is 36.8. The van der Waals surface area contributed by atoms with Crippen molar-refractivity contribution in [3.05, 3.63) is 52.2 Å². The average molecular weight is 374 g/mol. The molecular formula is C19H22N2O4S. The van der Waals surface area contributed by atoms with Crippen LogP contribution in [0.3, 0.4) is 0 Å². The fourth-order valence-corrected chi connectivity index (χ4v) is 2.67. The Bertz CT molecular complexity index is 772. The molecule has 2 amide bonds. The van der Waals surface area contributed by atoms with Gasteiger partial charge in [-0.2, -0.15) is 0 Å². The number of hydrogen-bond donors (Lipinski definition) is 2. The summed E-state index contributed by atoms with van der Waals surface area (Å²) in [7, 11) is 0. The highest BCUT2D eigenvalue weighted by atomic mass is 32.1. The lowest BCUT2D eigenvalue weighted by molar-refractivity contribution is -0.129. The van der Waals surface area contributed by atoms with E-state index >= 15 is 0 Å². The van der Waals surface area contributed by atoms with Gasteiger partial charge in [0, 0.05) is 12.2 Å². The first-order valence-corrected chi connectivity index (χ1v) is 9.18. The van der Waals surface area contributed by atoms with Crippen molar-refractivity contribution in [2.75, 3.05) is 11.9 Å². The highest BCUT2D eigenvalue weighted by Gasteiger charge is 2.19. The maximum atomic E-state index is 12.3. The maximum Gasteiger partial charge on any atom is 0.338 e. The summed E-state index contributed by atoms with van der Waals surface area (Å²) in [5, 5.41) is 7.27. The van der Waals surface area contributed by atoms with E-state index in [-0.39, 0.29) is 17.4 Å². The Morgan fingerprint density at radius 1 is 1.12 bits per heavy atom. The van der Waals surface area contributed by atoms with Crippen molar-refractivity contribution in [1.29, 1.82) is 0 Å². The SMILES string of the molecule is CC(C)CNC(=O)[C@@H](C)OC(=O)c1cccc(NC(=O)c2cccs2)c1. The van der Waals surface area contributed by atoms with Crippen LogP contribution >= 0.6 is 11.3 Å². The molecule has 2 aromatic rings. The van der Waals surface area contributed by atoms with E-state index in [1.807, 2.05) is 19.2 Å². The van der Waals surface area contributed by atoms with Gasteiger partial charge < -0.3 is 15.4 Å². The largest absolute Gasteiger partial charge is 0.449 e. The van der Waals surface area contributed by atoms with Crippen LogP contribution in [0.15, 0.2) is 41.8 Å². The Labute approximate surface area is 156 Å². The van der Waals surface area contributed by atoms with Gasteiger partial charge in [-0.1, -0.05) is 26.0 Å². The lowest BCUT2D eigenvalue weighted by Crippen LogP contribution is -2.37. The predicted molar refractivity (Wildman–Crippen MR) is 101 cm³/mol. The minimum Gasteiger partial charge on any atom is -0.449 e. The lowest BCUT2D eigenvalue weighted by atomic mass is 10.2. The minimum absolute atomic E-state index is 0.244. The molecule has 0 unspecified atom stereocenters. The quantitative estimate of drug-likeness (QED) is 0.728. The van der Waals surface area contributed by atoms with E-state index in [1.54, 1.807) is 30.3 Å². The molecular weight excluding hydrogens is 352 g/mol. The highest BCUT2D eigenvalue weighted by molar-refractivity contribution is 7.12. The minimum atomic E-state index is -0.898. The van der Waals surface area contributed by atoms with Crippen LogP contribution in [0.25, 0.3) is 0 Å². The Balaban J connectivity index is 1.97. The zero-order valence-corrected chi connectivity index (χ0v) is 15.8. The molecule has 0 fully saturated rings. The molecule has 0 aliphatic rings. The number of amides is 2. The van der Waals surface area contributed by atoms with Crippen LogP contribution in [0.5, 0.6) is 0 Å². The topological polar surface area (TPSA) is 84.5 Å². The molecule has 2 N–H and O–H groups in total. The van der Waals surface area contributed by atoms with Gasteiger partial charge in [0.25, 0.3) is 11.8 Å². The Hall–Kier alpha value is -2.67. The molecule has 0 radical (unpaired) electrons. The summed E-state index contributed by atoms with van der Waals surface area (Å²) < 4.78 is 5.20. The maximum absolute atomic E-state index is 12.3. The van der Waals surface area contributed by atoms with E-state index in [0.717, 1.165) is 0 Å². The first-order valence-electron chi connectivity index (χ1n) is 8.30. The Morgan fingerprint density at radius 2 is 1.88 bits per heavy atom. The van der Waals surface area contributed by atoms with Gasteiger partial charge in [-0.15, -0.1) is 11.3 Å².